The summed E-state index contributed by atoms with van der Waals surface area (Å²) in [5.74, 6) is 2.08. The molecule has 128 valence electrons. The van der Waals surface area contributed by atoms with Crippen LogP contribution in [0.25, 0.3) is 0 Å². The maximum absolute atomic E-state index is 11.3. The fourth-order valence-corrected chi connectivity index (χ4v) is 3.77. The first kappa shape index (κ1) is 16.4. The van der Waals surface area contributed by atoms with E-state index in [0.29, 0.717) is 12.3 Å². The van der Waals surface area contributed by atoms with E-state index in [-0.39, 0.29) is 6.04 Å². The van der Waals surface area contributed by atoms with Gasteiger partial charge in [0.15, 0.2) is 0 Å². The Morgan fingerprint density at radius 1 is 1.22 bits per heavy atom. The molecule has 1 fully saturated rings. The second-order valence-electron chi connectivity index (χ2n) is 7.70. The van der Waals surface area contributed by atoms with Crippen molar-refractivity contribution in [3.63, 3.8) is 0 Å². The molecule has 2 aliphatic rings. The van der Waals surface area contributed by atoms with Crippen LogP contribution in [0.5, 0.6) is 0 Å². The number of aromatic nitrogens is 3. The number of nitrogens with zero attached hydrogens (tertiary/aromatic N) is 4. The Kier molecular flexibility index (Phi) is 4.45. The number of fused-ring (bicyclic) bond motifs is 1. The van der Waals surface area contributed by atoms with E-state index in [0.717, 1.165) is 25.5 Å². The first-order valence-electron chi connectivity index (χ1n) is 8.80. The molecule has 23 heavy (non-hydrogen) atoms. The molecule has 0 bridgehead atoms. The number of hydrogen-bond acceptors (Lipinski definition) is 4. The zero-order chi connectivity index (χ0) is 16.6. The molecule has 1 aliphatic carbocycles. The third kappa shape index (κ3) is 3.13. The highest BCUT2D eigenvalue weighted by molar-refractivity contribution is 5.73. The van der Waals surface area contributed by atoms with Crippen molar-refractivity contribution >= 4 is 5.97 Å². The van der Waals surface area contributed by atoms with E-state index < -0.39 is 11.4 Å². The quantitative estimate of drug-likeness (QED) is 0.903. The van der Waals surface area contributed by atoms with Gasteiger partial charge in [-0.25, -0.2) is 0 Å². The Morgan fingerprint density at radius 2 is 1.87 bits per heavy atom. The Morgan fingerprint density at radius 3 is 2.52 bits per heavy atom. The number of carboxylic acid groups (broad SMARTS) is 1. The maximum atomic E-state index is 11.3. The first-order chi connectivity index (χ1) is 10.9. The van der Waals surface area contributed by atoms with Gasteiger partial charge in [-0.3, -0.25) is 9.69 Å². The van der Waals surface area contributed by atoms with Crippen LogP contribution in [0.3, 0.4) is 0 Å². The molecule has 2 heterocycles. The van der Waals surface area contributed by atoms with Gasteiger partial charge in [-0.2, -0.15) is 0 Å². The fourth-order valence-electron chi connectivity index (χ4n) is 3.77. The van der Waals surface area contributed by atoms with E-state index >= 15 is 0 Å². The van der Waals surface area contributed by atoms with Crippen molar-refractivity contribution in [2.45, 2.75) is 71.4 Å². The molecule has 1 saturated carbocycles. The van der Waals surface area contributed by atoms with Gasteiger partial charge in [0.05, 0.1) is 11.5 Å². The van der Waals surface area contributed by atoms with Crippen LogP contribution in [-0.4, -0.2) is 43.8 Å². The molecule has 0 saturated heterocycles. The lowest BCUT2D eigenvalue weighted by Gasteiger charge is -2.35. The Bertz CT molecular complexity index is 575. The predicted octanol–water partition coefficient (Wildman–Crippen LogP) is 2.81. The maximum Gasteiger partial charge on any atom is 0.309 e. The minimum absolute atomic E-state index is 0.205. The van der Waals surface area contributed by atoms with Crippen molar-refractivity contribution < 1.29 is 9.90 Å². The molecule has 0 spiro atoms. The molecule has 0 amide bonds. The van der Waals surface area contributed by atoms with Crippen LogP contribution in [0.2, 0.25) is 0 Å². The van der Waals surface area contributed by atoms with Gasteiger partial charge < -0.3 is 9.67 Å². The lowest BCUT2D eigenvalue weighted by molar-refractivity contribution is -0.147. The molecule has 0 radical (unpaired) electrons. The minimum atomic E-state index is -0.728. The fraction of sp³-hybridized carbons (Fsp3) is 0.824. The van der Waals surface area contributed by atoms with Gasteiger partial charge in [0, 0.05) is 25.6 Å². The van der Waals surface area contributed by atoms with Gasteiger partial charge in [-0.15, -0.1) is 10.2 Å². The van der Waals surface area contributed by atoms with E-state index in [9.17, 15) is 9.90 Å². The van der Waals surface area contributed by atoms with Gasteiger partial charge in [-0.05, 0) is 40.0 Å². The Hall–Kier alpha value is -1.43. The van der Waals surface area contributed by atoms with Crippen molar-refractivity contribution in [1.29, 1.82) is 0 Å². The molecule has 1 N–H and O–H groups in total. The Balaban J connectivity index is 1.69. The molecular weight excluding hydrogens is 292 g/mol. The number of hydrogen-bond donors (Lipinski definition) is 1. The molecule has 1 atom stereocenters. The van der Waals surface area contributed by atoms with Crippen LogP contribution in [0, 0.1) is 5.41 Å². The smallest absolute Gasteiger partial charge is 0.309 e. The van der Waals surface area contributed by atoms with Crippen LogP contribution in [-0.2, 0) is 11.3 Å². The predicted molar refractivity (Wildman–Crippen MR) is 87.3 cm³/mol. The number of aliphatic carboxylic acids is 1. The third-order valence-corrected chi connectivity index (χ3v) is 5.66. The summed E-state index contributed by atoms with van der Waals surface area (Å²) in [7, 11) is 0. The standard InChI is InChI=1S/C17H28N4O2/c1-12-14-18-19-15(13-6-4-5-7-13)21(14)11-10-20(12)9-8-17(2,3)16(22)23/h12-13H,4-11H2,1-3H3,(H,22,23). The number of rotatable bonds is 5. The summed E-state index contributed by atoms with van der Waals surface area (Å²) >= 11 is 0. The van der Waals surface area contributed by atoms with Gasteiger partial charge in [0.25, 0.3) is 0 Å². The van der Waals surface area contributed by atoms with Gasteiger partial charge in [0.1, 0.15) is 11.6 Å². The van der Waals surface area contributed by atoms with E-state index in [2.05, 4.69) is 26.6 Å². The van der Waals surface area contributed by atoms with Crippen molar-refractivity contribution in [2.24, 2.45) is 5.41 Å². The highest BCUT2D eigenvalue weighted by atomic mass is 16.4. The monoisotopic (exact) mass is 320 g/mol. The molecule has 6 nitrogen and oxygen atoms in total. The summed E-state index contributed by atoms with van der Waals surface area (Å²) in [6, 6.07) is 0.205. The second-order valence-corrected chi connectivity index (χ2v) is 7.70. The SMILES string of the molecule is CC1c2nnc(C3CCCC3)n2CCN1CCC(C)(C)C(=O)O. The molecule has 1 aromatic rings. The number of carboxylic acids is 1. The lowest BCUT2D eigenvalue weighted by atomic mass is 9.89. The van der Waals surface area contributed by atoms with Gasteiger partial charge in [-0.1, -0.05) is 12.8 Å². The van der Waals surface area contributed by atoms with Crippen molar-refractivity contribution in [3.8, 4) is 0 Å². The summed E-state index contributed by atoms with van der Waals surface area (Å²) in [4.78, 5) is 13.6. The van der Waals surface area contributed by atoms with Gasteiger partial charge >= 0.3 is 5.97 Å². The van der Waals surface area contributed by atoms with Crippen molar-refractivity contribution in [1.82, 2.24) is 19.7 Å². The molecule has 1 aromatic heterocycles. The summed E-state index contributed by atoms with van der Waals surface area (Å²) < 4.78 is 2.32. The van der Waals surface area contributed by atoms with Gasteiger partial charge in [0.2, 0.25) is 0 Å². The molecule has 0 aromatic carbocycles. The van der Waals surface area contributed by atoms with E-state index in [1.54, 1.807) is 13.8 Å². The Labute approximate surface area is 137 Å². The molecule has 1 unspecified atom stereocenters. The van der Waals surface area contributed by atoms with Crippen LogP contribution >= 0.6 is 0 Å². The van der Waals surface area contributed by atoms with Crippen LogP contribution < -0.4 is 0 Å². The zero-order valence-corrected chi connectivity index (χ0v) is 14.5. The normalized spacial score (nSPS) is 23.2. The van der Waals surface area contributed by atoms with E-state index in [1.807, 2.05) is 0 Å². The van der Waals surface area contributed by atoms with Crippen LogP contribution in [0.15, 0.2) is 0 Å². The number of carbonyl (C=O) groups is 1. The average Bonchev–Trinajstić information content (AvgIpc) is 3.15. The summed E-state index contributed by atoms with van der Waals surface area (Å²) in [6.45, 7) is 8.40. The van der Waals surface area contributed by atoms with E-state index in [4.69, 9.17) is 0 Å². The van der Waals surface area contributed by atoms with Crippen LogP contribution in [0.4, 0.5) is 0 Å². The van der Waals surface area contributed by atoms with Crippen molar-refractivity contribution in [2.75, 3.05) is 13.1 Å². The van der Waals surface area contributed by atoms with Crippen LogP contribution in [0.1, 0.15) is 76.5 Å². The summed E-state index contributed by atoms with van der Waals surface area (Å²) in [5.41, 5.74) is -0.681. The highest BCUT2D eigenvalue weighted by Gasteiger charge is 2.33. The lowest BCUT2D eigenvalue weighted by Crippen LogP contribution is -2.40. The third-order valence-electron chi connectivity index (χ3n) is 5.66. The topological polar surface area (TPSA) is 71.2 Å². The molecule has 3 rings (SSSR count). The average molecular weight is 320 g/mol. The van der Waals surface area contributed by atoms with Crippen molar-refractivity contribution in [3.05, 3.63) is 11.6 Å². The molecular formula is C17H28N4O2. The summed E-state index contributed by atoms with van der Waals surface area (Å²) in [5, 5.41) is 18.2. The highest BCUT2D eigenvalue weighted by Crippen LogP contribution is 2.36. The largest absolute Gasteiger partial charge is 0.481 e. The minimum Gasteiger partial charge on any atom is -0.481 e. The molecule has 1 aliphatic heterocycles. The second kappa shape index (κ2) is 6.23. The summed E-state index contributed by atoms with van der Waals surface area (Å²) in [6.07, 6.45) is 5.74. The first-order valence-corrected chi connectivity index (χ1v) is 8.80. The van der Waals surface area contributed by atoms with E-state index in [1.165, 1.54) is 31.5 Å². The zero-order valence-electron chi connectivity index (χ0n) is 14.5. The molecule has 6 heteroatoms.